The molecule has 0 saturated carbocycles. The predicted molar refractivity (Wildman–Crippen MR) is 132 cm³/mol. The van der Waals surface area contributed by atoms with Gasteiger partial charge in [-0.2, -0.15) is 0 Å². The van der Waals surface area contributed by atoms with Gasteiger partial charge >= 0.3 is 0 Å². The van der Waals surface area contributed by atoms with E-state index >= 15 is 0 Å². The number of ether oxygens (including phenoxy) is 2. The van der Waals surface area contributed by atoms with E-state index in [9.17, 15) is 9.59 Å². The maximum atomic E-state index is 12.2. The van der Waals surface area contributed by atoms with Gasteiger partial charge in [-0.3, -0.25) is 9.59 Å². The maximum Gasteiger partial charge on any atom is 0.240 e. The van der Waals surface area contributed by atoms with Gasteiger partial charge in [0, 0.05) is 12.8 Å². The van der Waals surface area contributed by atoms with Crippen LogP contribution in [0.2, 0.25) is 0 Å². The number of rotatable bonds is 12. The summed E-state index contributed by atoms with van der Waals surface area (Å²) in [5.74, 6) is 0.583. The van der Waals surface area contributed by atoms with Crippen LogP contribution in [0.5, 0.6) is 11.5 Å². The Bertz CT molecular complexity index is 1070. The zero-order chi connectivity index (χ0) is 24.3. The molecule has 0 fully saturated rings. The quantitative estimate of drug-likeness (QED) is 0.419. The van der Waals surface area contributed by atoms with E-state index in [-0.39, 0.29) is 18.2 Å². The summed E-state index contributed by atoms with van der Waals surface area (Å²) in [6.45, 7) is 4.67. The lowest BCUT2D eigenvalue weighted by molar-refractivity contribution is -0.127. The molecule has 0 radical (unpaired) electrons. The Morgan fingerprint density at radius 2 is 1.35 bits per heavy atom. The van der Waals surface area contributed by atoms with Crippen molar-refractivity contribution in [2.24, 2.45) is 11.7 Å². The van der Waals surface area contributed by atoms with Crippen molar-refractivity contribution in [3.05, 3.63) is 95.6 Å². The molecule has 3 N–H and O–H groups in total. The molecule has 0 aliphatic rings. The Morgan fingerprint density at radius 1 is 0.794 bits per heavy atom. The lowest BCUT2D eigenvalue weighted by Crippen LogP contribution is -2.46. The summed E-state index contributed by atoms with van der Waals surface area (Å²) in [5, 5.41) is 2.75. The molecule has 0 aromatic heterocycles. The number of carbonyl (C=O) groups is 2. The van der Waals surface area contributed by atoms with Crippen molar-refractivity contribution in [2.75, 3.05) is 0 Å². The molecule has 0 saturated heterocycles. The van der Waals surface area contributed by atoms with E-state index in [2.05, 4.69) is 5.32 Å². The van der Waals surface area contributed by atoms with Crippen molar-refractivity contribution in [1.82, 2.24) is 5.32 Å². The average molecular weight is 461 g/mol. The van der Waals surface area contributed by atoms with Gasteiger partial charge in [-0.1, -0.05) is 80.6 Å². The molecule has 0 aliphatic heterocycles. The standard InChI is InChI=1S/C28H32N2O4/c1-20(2)15-27(31)30-24(28(29)32)16-23-13-14-25(33-18-21-9-5-3-6-10-21)26(17-23)34-19-22-11-7-4-8-12-22/h3-14,17,20,24H,15-16,18-19H2,1-2H3,(H2,29,32)(H,30,31)/t24-/m1/s1. The summed E-state index contributed by atoms with van der Waals surface area (Å²) in [6, 6.07) is 24.5. The average Bonchev–Trinajstić information content (AvgIpc) is 2.82. The number of carbonyl (C=O) groups excluding carboxylic acids is 2. The summed E-state index contributed by atoms with van der Waals surface area (Å²) in [7, 11) is 0. The fraction of sp³-hybridized carbons (Fsp3) is 0.286. The van der Waals surface area contributed by atoms with E-state index in [4.69, 9.17) is 15.2 Å². The number of hydrogen-bond acceptors (Lipinski definition) is 4. The van der Waals surface area contributed by atoms with E-state index in [1.165, 1.54) is 0 Å². The lowest BCUT2D eigenvalue weighted by atomic mass is 10.0. The Kier molecular flexibility index (Phi) is 9.09. The van der Waals surface area contributed by atoms with Gasteiger partial charge in [0.15, 0.2) is 11.5 Å². The summed E-state index contributed by atoms with van der Waals surface area (Å²) in [5.41, 5.74) is 8.45. The van der Waals surface area contributed by atoms with Crippen molar-refractivity contribution in [3.63, 3.8) is 0 Å². The fourth-order valence-electron chi connectivity index (χ4n) is 3.46. The summed E-state index contributed by atoms with van der Waals surface area (Å²) >= 11 is 0. The third-order valence-corrected chi connectivity index (χ3v) is 5.19. The fourth-order valence-corrected chi connectivity index (χ4v) is 3.46. The Hall–Kier alpha value is -3.80. The lowest BCUT2D eigenvalue weighted by Gasteiger charge is -2.18. The minimum absolute atomic E-state index is 0.188. The van der Waals surface area contributed by atoms with Crippen LogP contribution >= 0.6 is 0 Å². The van der Waals surface area contributed by atoms with Gasteiger partial charge in [0.25, 0.3) is 0 Å². The van der Waals surface area contributed by atoms with Crippen LogP contribution in [-0.2, 0) is 29.2 Å². The summed E-state index contributed by atoms with van der Waals surface area (Å²) in [4.78, 5) is 24.2. The topological polar surface area (TPSA) is 90.7 Å². The predicted octanol–water partition coefficient (Wildman–Crippen LogP) is 4.40. The molecule has 3 aromatic rings. The first-order valence-electron chi connectivity index (χ1n) is 11.5. The zero-order valence-electron chi connectivity index (χ0n) is 19.7. The smallest absolute Gasteiger partial charge is 0.240 e. The first-order valence-corrected chi connectivity index (χ1v) is 11.5. The van der Waals surface area contributed by atoms with E-state index in [0.29, 0.717) is 31.1 Å². The Labute approximate surface area is 201 Å². The molecule has 178 valence electrons. The highest BCUT2D eigenvalue weighted by Gasteiger charge is 2.20. The number of primary amides is 1. The van der Waals surface area contributed by atoms with Crippen molar-refractivity contribution in [2.45, 2.75) is 45.9 Å². The molecule has 2 amide bonds. The number of nitrogens with two attached hydrogens (primary N) is 1. The van der Waals surface area contributed by atoms with Crippen LogP contribution in [0, 0.1) is 5.92 Å². The maximum absolute atomic E-state index is 12.2. The van der Waals surface area contributed by atoms with Crippen LogP contribution in [0.25, 0.3) is 0 Å². The molecule has 0 unspecified atom stereocenters. The SMILES string of the molecule is CC(C)CC(=O)N[C@H](Cc1ccc(OCc2ccccc2)c(OCc2ccccc2)c1)C(N)=O. The van der Waals surface area contributed by atoms with Crippen LogP contribution in [0.3, 0.4) is 0 Å². The van der Waals surface area contributed by atoms with E-state index in [1.807, 2.05) is 92.7 Å². The minimum atomic E-state index is -0.802. The monoisotopic (exact) mass is 460 g/mol. The van der Waals surface area contributed by atoms with Gasteiger partial charge in [0.2, 0.25) is 11.8 Å². The van der Waals surface area contributed by atoms with Gasteiger partial charge in [-0.05, 0) is 34.7 Å². The highest BCUT2D eigenvalue weighted by Crippen LogP contribution is 2.30. The van der Waals surface area contributed by atoms with Crippen molar-refractivity contribution in [3.8, 4) is 11.5 Å². The van der Waals surface area contributed by atoms with Crippen molar-refractivity contribution in [1.29, 1.82) is 0 Å². The highest BCUT2D eigenvalue weighted by molar-refractivity contribution is 5.86. The molecule has 34 heavy (non-hydrogen) atoms. The third-order valence-electron chi connectivity index (χ3n) is 5.19. The minimum Gasteiger partial charge on any atom is -0.485 e. The largest absolute Gasteiger partial charge is 0.485 e. The van der Waals surface area contributed by atoms with Gasteiger partial charge < -0.3 is 20.5 Å². The third kappa shape index (κ3) is 7.96. The van der Waals surface area contributed by atoms with Crippen LogP contribution in [0.4, 0.5) is 0 Å². The zero-order valence-corrected chi connectivity index (χ0v) is 19.7. The second-order valence-corrected chi connectivity index (χ2v) is 8.65. The normalized spacial score (nSPS) is 11.6. The van der Waals surface area contributed by atoms with Crippen molar-refractivity contribution < 1.29 is 19.1 Å². The Morgan fingerprint density at radius 3 is 1.88 bits per heavy atom. The molecule has 6 heteroatoms. The number of nitrogens with one attached hydrogen (secondary N) is 1. The Balaban J connectivity index is 1.77. The van der Waals surface area contributed by atoms with Gasteiger partial charge in [-0.25, -0.2) is 0 Å². The molecule has 3 rings (SSSR count). The van der Waals surface area contributed by atoms with Crippen LogP contribution < -0.4 is 20.5 Å². The molecule has 0 spiro atoms. The molecule has 0 bridgehead atoms. The molecular formula is C28H32N2O4. The van der Waals surface area contributed by atoms with Gasteiger partial charge in [0.1, 0.15) is 19.3 Å². The van der Waals surface area contributed by atoms with Gasteiger partial charge in [-0.15, -0.1) is 0 Å². The second-order valence-electron chi connectivity index (χ2n) is 8.65. The first kappa shape index (κ1) is 24.8. The van der Waals surface area contributed by atoms with E-state index in [1.54, 1.807) is 0 Å². The highest BCUT2D eigenvalue weighted by atomic mass is 16.5. The summed E-state index contributed by atoms with van der Waals surface area (Å²) in [6.07, 6.45) is 0.599. The number of amides is 2. The molecule has 6 nitrogen and oxygen atoms in total. The molecule has 0 aliphatic carbocycles. The first-order chi connectivity index (χ1) is 16.4. The summed E-state index contributed by atoms with van der Waals surface area (Å²) < 4.78 is 12.1. The van der Waals surface area contributed by atoms with Crippen LogP contribution in [0.1, 0.15) is 37.0 Å². The van der Waals surface area contributed by atoms with Crippen LogP contribution in [-0.4, -0.2) is 17.9 Å². The van der Waals surface area contributed by atoms with Crippen molar-refractivity contribution >= 4 is 11.8 Å². The van der Waals surface area contributed by atoms with Gasteiger partial charge in [0.05, 0.1) is 0 Å². The second kappa shape index (κ2) is 12.4. The number of benzene rings is 3. The van der Waals surface area contributed by atoms with Crippen LogP contribution in [0.15, 0.2) is 78.9 Å². The molecule has 1 atom stereocenters. The molecular weight excluding hydrogens is 428 g/mol. The van der Waals surface area contributed by atoms with E-state index in [0.717, 1.165) is 16.7 Å². The molecule has 3 aromatic carbocycles. The van der Waals surface area contributed by atoms with E-state index < -0.39 is 11.9 Å². The number of hydrogen-bond donors (Lipinski definition) is 2. The molecule has 0 heterocycles.